The van der Waals surface area contributed by atoms with Gasteiger partial charge in [-0.05, 0) is 48.9 Å². The average Bonchev–Trinajstić information content (AvgIpc) is 2.79. The molecule has 2 aromatic carbocycles. The first-order chi connectivity index (χ1) is 15.0. The summed E-state index contributed by atoms with van der Waals surface area (Å²) in [7, 11) is -3.68. The number of carbonyl (C=O) groups excluding carboxylic acids is 1. The quantitative estimate of drug-likeness (QED) is 0.450. The fourth-order valence-corrected chi connectivity index (χ4v) is 3.85. The molecule has 3 aromatic rings. The number of rotatable bonds is 10. The van der Waals surface area contributed by atoms with E-state index in [4.69, 9.17) is 4.74 Å². The van der Waals surface area contributed by atoms with E-state index >= 15 is 0 Å². The molecular formula is C23H25N3O4S. The lowest BCUT2D eigenvalue weighted by Crippen LogP contribution is -2.24. The maximum Gasteiger partial charge on any atom is 0.261 e. The summed E-state index contributed by atoms with van der Waals surface area (Å²) in [6.07, 6.45) is 4.54. The normalized spacial score (nSPS) is 11.0. The zero-order valence-electron chi connectivity index (χ0n) is 17.2. The van der Waals surface area contributed by atoms with Crippen molar-refractivity contribution in [2.45, 2.75) is 31.1 Å². The minimum absolute atomic E-state index is 0.115. The number of unbranched alkanes of at least 4 members (excludes halogenated alkanes) is 2. The highest BCUT2D eigenvalue weighted by atomic mass is 32.2. The van der Waals surface area contributed by atoms with Crippen molar-refractivity contribution in [3.63, 3.8) is 0 Å². The number of carbonyl (C=O) groups is 1. The number of aromatic nitrogens is 1. The van der Waals surface area contributed by atoms with Crippen molar-refractivity contribution in [1.29, 1.82) is 0 Å². The van der Waals surface area contributed by atoms with Gasteiger partial charge in [0.05, 0.1) is 16.8 Å². The van der Waals surface area contributed by atoms with Crippen molar-refractivity contribution in [1.82, 2.24) is 10.3 Å². The van der Waals surface area contributed by atoms with Crippen LogP contribution < -0.4 is 14.8 Å². The van der Waals surface area contributed by atoms with E-state index in [0.29, 0.717) is 29.4 Å². The molecule has 1 heterocycles. The second-order valence-electron chi connectivity index (χ2n) is 6.89. The monoisotopic (exact) mass is 439 g/mol. The van der Waals surface area contributed by atoms with Crippen LogP contribution in [0.25, 0.3) is 0 Å². The minimum atomic E-state index is -3.68. The van der Waals surface area contributed by atoms with E-state index in [1.54, 1.807) is 54.6 Å². The molecule has 1 aromatic heterocycles. The van der Waals surface area contributed by atoms with E-state index < -0.39 is 10.0 Å². The van der Waals surface area contributed by atoms with Gasteiger partial charge in [0, 0.05) is 18.2 Å². The molecule has 0 spiro atoms. The molecular weight excluding hydrogens is 414 g/mol. The number of sulfonamides is 1. The lowest BCUT2D eigenvalue weighted by Gasteiger charge is -2.09. The molecule has 0 aliphatic carbocycles. The van der Waals surface area contributed by atoms with Crippen molar-refractivity contribution in [3.05, 3.63) is 78.5 Å². The van der Waals surface area contributed by atoms with Crippen LogP contribution >= 0.6 is 0 Å². The summed E-state index contributed by atoms with van der Waals surface area (Å²) in [4.78, 5) is 16.4. The molecule has 0 fully saturated rings. The number of nitrogens with one attached hydrogen (secondary N) is 2. The van der Waals surface area contributed by atoms with Crippen LogP contribution in [0.3, 0.4) is 0 Å². The molecule has 3 rings (SSSR count). The van der Waals surface area contributed by atoms with Gasteiger partial charge in [0.15, 0.2) is 0 Å². The van der Waals surface area contributed by atoms with E-state index in [9.17, 15) is 13.2 Å². The Morgan fingerprint density at radius 2 is 1.71 bits per heavy atom. The number of nitrogens with zero attached hydrogens (tertiary/aromatic N) is 1. The Balaban J connectivity index is 1.57. The summed E-state index contributed by atoms with van der Waals surface area (Å²) in [6, 6.07) is 18.0. The molecule has 0 radical (unpaired) electrons. The Kier molecular flexibility index (Phi) is 7.61. The van der Waals surface area contributed by atoms with Crippen LogP contribution in [0, 0.1) is 0 Å². The number of benzene rings is 2. The van der Waals surface area contributed by atoms with Crippen molar-refractivity contribution in [3.8, 4) is 11.6 Å². The summed E-state index contributed by atoms with van der Waals surface area (Å²) >= 11 is 0. The minimum Gasteiger partial charge on any atom is -0.439 e. The third kappa shape index (κ3) is 6.55. The van der Waals surface area contributed by atoms with Crippen molar-refractivity contribution in [2.75, 3.05) is 11.3 Å². The fraction of sp³-hybridized carbons (Fsp3) is 0.217. The van der Waals surface area contributed by atoms with E-state index in [1.165, 1.54) is 18.3 Å². The summed E-state index contributed by atoms with van der Waals surface area (Å²) in [6.45, 7) is 2.78. The standard InChI is InChI=1S/C23H25N3O4S/c1-2-3-7-16-24-23(27)18-10-13-20(14-11-18)30-22-15-12-19(17-25-22)26-31(28,29)21-8-5-4-6-9-21/h4-6,8-15,17,26H,2-3,7,16H2,1H3,(H,24,27). The van der Waals surface area contributed by atoms with E-state index in [1.807, 2.05) is 0 Å². The number of amides is 1. The first-order valence-corrected chi connectivity index (χ1v) is 11.6. The largest absolute Gasteiger partial charge is 0.439 e. The summed E-state index contributed by atoms with van der Waals surface area (Å²) in [5.41, 5.74) is 0.883. The highest BCUT2D eigenvalue weighted by Crippen LogP contribution is 2.22. The molecule has 31 heavy (non-hydrogen) atoms. The van der Waals surface area contributed by atoms with Gasteiger partial charge >= 0.3 is 0 Å². The van der Waals surface area contributed by atoms with Crippen molar-refractivity contribution >= 4 is 21.6 Å². The molecule has 1 amide bonds. The predicted molar refractivity (Wildman–Crippen MR) is 120 cm³/mol. The van der Waals surface area contributed by atoms with Crippen molar-refractivity contribution < 1.29 is 17.9 Å². The third-order valence-corrected chi connectivity index (χ3v) is 5.84. The Labute approximate surface area is 182 Å². The summed E-state index contributed by atoms with van der Waals surface area (Å²) in [5, 5.41) is 2.89. The Morgan fingerprint density at radius 3 is 2.35 bits per heavy atom. The van der Waals surface area contributed by atoms with Crippen LogP contribution in [0.1, 0.15) is 36.5 Å². The van der Waals surface area contributed by atoms with Crippen LogP contribution in [-0.2, 0) is 10.0 Å². The van der Waals surface area contributed by atoms with Crippen molar-refractivity contribution in [2.24, 2.45) is 0 Å². The maximum absolute atomic E-state index is 12.4. The van der Waals surface area contributed by atoms with Gasteiger partial charge in [0.25, 0.3) is 15.9 Å². The fourth-order valence-electron chi connectivity index (χ4n) is 2.79. The molecule has 0 bridgehead atoms. The Hall–Kier alpha value is -3.39. The number of anilines is 1. The Bertz CT molecular complexity index is 1080. The van der Waals surface area contributed by atoms with Gasteiger partial charge in [-0.2, -0.15) is 0 Å². The van der Waals surface area contributed by atoms with Crippen LogP contribution in [-0.4, -0.2) is 25.9 Å². The first kappa shape index (κ1) is 22.3. The topological polar surface area (TPSA) is 97.4 Å². The molecule has 2 N–H and O–H groups in total. The molecule has 7 nitrogen and oxygen atoms in total. The van der Waals surface area contributed by atoms with Gasteiger partial charge < -0.3 is 10.1 Å². The van der Waals surface area contributed by atoms with E-state index in [-0.39, 0.29) is 10.8 Å². The summed E-state index contributed by atoms with van der Waals surface area (Å²) < 4.78 is 32.9. The predicted octanol–water partition coefficient (Wildman–Crippen LogP) is 4.59. The molecule has 0 saturated carbocycles. The molecule has 0 aliphatic heterocycles. The average molecular weight is 440 g/mol. The molecule has 0 atom stereocenters. The number of ether oxygens (including phenoxy) is 1. The van der Waals surface area contributed by atoms with E-state index in [0.717, 1.165) is 19.3 Å². The third-order valence-electron chi connectivity index (χ3n) is 4.45. The van der Waals surface area contributed by atoms with Gasteiger partial charge in [-0.15, -0.1) is 0 Å². The first-order valence-electron chi connectivity index (χ1n) is 10.1. The van der Waals surface area contributed by atoms with Gasteiger partial charge in [0.1, 0.15) is 5.75 Å². The van der Waals surface area contributed by atoms with Gasteiger partial charge in [-0.1, -0.05) is 38.0 Å². The zero-order valence-corrected chi connectivity index (χ0v) is 18.1. The van der Waals surface area contributed by atoms with Crippen LogP contribution in [0.15, 0.2) is 77.8 Å². The highest BCUT2D eigenvalue weighted by Gasteiger charge is 2.13. The SMILES string of the molecule is CCCCCNC(=O)c1ccc(Oc2ccc(NS(=O)(=O)c3ccccc3)cn2)cc1. The molecule has 162 valence electrons. The van der Waals surface area contributed by atoms with Crippen LogP contribution in [0.2, 0.25) is 0 Å². The Morgan fingerprint density at radius 1 is 0.968 bits per heavy atom. The second kappa shape index (κ2) is 10.6. The lowest BCUT2D eigenvalue weighted by molar-refractivity contribution is 0.0953. The van der Waals surface area contributed by atoms with Gasteiger partial charge in [-0.3, -0.25) is 9.52 Å². The number of hydrogen-bond donors (Lipinski definition) is 2. The number of pyridine rings is 1. The van der Waals surface area contributed by atoms with Crippen LogP contribution in [0.5, 0.6) is 11.6 Å². The highest BCUT2D eigenvalue weighted by molar-refractivity contribution is 7.92. The van der Waals surface area contributed by atoms with Gasteiger partial charge in [0.2, 0.25) is 5.88 Å². The smallest absolute Gasteiger partial charge is 0.261 e. The summed E-state index contributed by atoms with van der Waals surface area (Å²) in [5.74, 6) is 0.711. The van der Waals surface area contributed by atoms with Crippen LogP contribution in [0.4, 0.5) is 5.69 Å². The van der Waals surface area contributed by atoms with E-state index in [2.05, 4.69) is 21.9 Å². The maximum atomic E-state index is 12.4. The molecule has 0 unspecified atom stereocenters. The lowest BCUT2D eigenvalue weighted by atomic mass is 10.2. The molecule has 0 aliphatic rings. The zero-order chi connectivity index (χ0) is 22.1. The second-order valence-corrected chi connectivity index (χ2v) is 8.58. The number of hydrogen-bond acceptors (Lipinski definition) is 5. The van der Waals surface area contributed by atoms with Gasteiger partial charge in [-0.25, -0.2) is 13.4 Å². The molecule has 8 heteroatoms. The molecule has 0 saturated heterocycles.